The maximum atomic E-state index is 10.8. The molecule has 0 saturated carbocycles. The Labute approximate surface area is 69.3 Å². The average Bonchev–Trinajstić information content (AvgIpc) is 2.11. The van der Waals surface area contributed by atoms with Gasteiger partial charge in [-0.15, -0.1) is 0 Å². The van der Waals surface area contributed by atoms with Crippen LogP contribution in [0.5, 0.6) is 0 Å². The third-order valence-electron chi connectivity index (χ3n) is 1.53. The maximum absolute atomic E-state index is 10.8. The van der Waals surface area contributed by atoms with Crippen molar-refractivity contribution in [2.24, 2.45) is 0 Å². The highest BCUT2D eigenvalue weighted by Gasteiger charge is 2.37. The van der Waals surface area contributed by atoms with E-state index in [2.05, 4.69) is 9.47 Å². The highest BCUT2D eigenvalue weighted by Crippen LogP contribution is 2.20. The summed E-state index contributed by atoms with van der Waals surface area (Å²) in [6.07, 6.45) is -0.0488. The Morgan fingerprint density at radius 2 is 1.75 bits per heavy atom. The van der Waals surface area contributed by atoms with Gasteiger partial charge in [0.15, 0.2) is 0 Å². The van der Waals surface area contributed by atoms with Gasteiger partial charge in [-0.3, -0.25) is 9.59 Å². The van der Waals surface area contributed by atoms with E-state index in [9.17, 15) is 14.7 Å². The number of aliphatic hydroxyl groups is 1. The van der Waals surface area contributed by atoms with E-state index in [4.69, 9.17) is 0 Å². The molecule has 0 unspecified atom stereocenters. The molecular weight excluding hydrogens is 164 g/mol. The topological polar surface area (TPSA) is 72.8 Å². The molecular formula is C7H10O5. The number of esters is 2. The van der Waals surface area contributed by atoms with Crippen molar-refractivity contribution in [1.29, 1.82) is 0 Å². The average molecular weight is 174 g/mol. The summed E-state index contributed by atoms with van der Waals surface area (Å²) in [6.45, 7) is 1.55. The molecule has 0 aliphatic carbocycles. The van der Waals surface area contributed by atoms with E-state index in [-0.39, 0.29) is 19.3 Å². The van der Waals surface area contributed by atoms with Crippen molar-refractivity contribution in [2.45, 2.75) is 32.2 Å². The van der Waals surface area contributed by atoms with E-state index in [0.29, 0.717) is 0 Å². The molecule has 0 bridgehead atoms. The molecule has 1 saturated heterocycles. The standard InChI is InChI=1S/C7H10O5/c1-2-7(10)11-5(8)3-4-6(9)12-7/h10H,2-4H2,1H3. The van der Waals surface area contributed by atoms with E-state index in [0.717, 1.165) is 0 Å². The van der Waals surface area contributed by atoms with Crippen molar-refractivity contribution in [2.75, 3.05) is 0 Å². The smallest absolute Gasteiger partial charge is 0.372 e. The lowest BCUT2D eigenvalue weighted by atomic mass is 10.3. The summed E-state index contributed by atoms with van der Waals surface area (Å²) in [4.78, 5) is 21.6. The molecule has 5 heteroatoms. The summed E-state index contributed by atoms with van der Waals surface area (Å²) in [6, 6.07) is 0. The van der Waals surface area contributed by atoms with Gasteiger partial charge in [-0.25, -0.2) is 0 Å². The fraction of sp³-hybridized carbons (Fsp3) is 0.714. The van der Waals surface area contributed by atoms with E-state index >= 15 is 0 Å². The fourth-order valence-corrected chi connectivity index (χ4v) is 0.827. The van der Waals surface area contributed by atoms with Crippen LogP contribution in [-0.2, 0) is 19.1 Å². The lowest BCUT2D eigenvalue weighted by Gasteiger charge is -2.22. The van der Waals surface area contributed by atoms with Gasteiger partial charge in [0, 0.05) is 0 Å². The third-order valence-corrected chi connectivity index (χ3v) is 1.53. The molecule has 0 atom stereocenters. The Balaban J connectivity index is 2.74. The van der Waals surface area contributed by atoms with Gasteiger partial charge in [0.25, 0.3) is 0 Å². The van der Waals surface area contributed by atoms with Crippen LogP contribution in [0.3, 0.4) is 0 Å². The second-order valence-electron chi connectivity index (χ2n) is 2.51. The number of carbonyl (C=O) groups is 2. The minimum absolute atomic E-state index is 0.0322. The van der Waals surface area contributed by atoms with Crippen LogP contribution in [0.25, 0.3) is 0 Å². The van der Waals surface area contributed by atoms with Crippen molar-refractivity contribution >= 4 is 11.9 Å². The van der Waals surface area contributed by atoms with Crippen LogP contribution >= 0.6 is 0 Å². The summed E-state index contributed by atoms with van der Waals surface area (Å²) in [5, 5.41) is 9.31. The fourth-order valence-electron chi connectivity index (χ4n) is 0.827. The Bertz CT molecular complexity index is 192. The summed E-state index contributed by atoms with van der Waals surface area (Å²) in [5.41, 5.74) is 0. The second-order valence-corrected chi connectivity index (χ2v) is 2.51. The molecule has 1 heterocycles. The van der Waals surface area contributed by atoms with Gasteiger partial charge in [-0.2, -0.15) is 0 Å². The van der Waals surface area contributed by atoms with Gasteiger partial charge in [0.05, 0.1) is 19.3 Å². The zero-order valence-corrected chi connectivity index (χ0v) is 6.70. The maximum Gasteiger partial charge on any atom is 0.372 e. The molecule has 1 aliphatic heterocycles. The van der Waals surface area contributed by atoms with Gasteiger partial charge < -0.3 is 14.6 Å². The van der Waals surface area contributed by atoms with Crippen molar-refractivity contribution in [3.8, 4) is 0 Å². The number of carbonyl (C=O) groups excluding carboxylic acids is 2. The zero-order valence-electron chi connectivity index (χ0n) is 6.70. The Kier molecular flexibility index (Phi) is 2.32. The predicted molar refractivity (Wildman–Crippen MR) is 36.7 cm³/mol. The van der Waals surface area contributed by atoms with Crippen LogP contribution in [0.15, 0.2) is 0 Å². The monoisotopic (exact) mass is 174 g/mol. The van der Waals surface area contributed by atoms with Crippen molar-refractivity contribution in [1.82, 2.24) is 0 Å². The molecule has 0 aromatic rings. The first-order valence-electron chi connectivity index (χ1n) is 3.72. The second kappa shape index (κ2) is 3.10. The molecule has 5 nitrogen and oxygen atoms in total. The molecule has 1 N–H and O–H groups in total. The van der Waals surface area contributed by atoms with Gasteiger partial charge in [0.1, 0.15) is 0 Å². The number of hydrogen-bond donors (Lipinski definition) is 1. The van der Waals surface area contributed by atoms with Crippen LogP contribution in [-0.4, -0.2) is 23.0 Å². The summed E-state index contributed by atoms with van der Waals surface area (Å²) >= 11 is 0. The number of cyclic esters (lactones) is 2. The Morgan fingerprint density at radius 1 is 1.33 bits per heavy atom. The summed E-state index contributed by atoms with van der Waals surface area (Å²) in [5.74, 6) is -3.29. The molecule has 1 rings (SSSR count). The molecule has 0 amide bonds. The Morgan fingerprint density at radius 3 is 2.08 bits per heavy atom. The van der Waals surface area contributed by atoms with E-state index < -0.39 is 17.9 Å². The van der Waals surface area contributed by atoms with Crippen LogP contribution in [0.4, 0.5) is 0 Å². The first-order valence-corrected chi connectivity index (χ1v) is 3.72. The van der Waals surface area contributed by atoms with E-state index in [1.807, 2.05) is 0 Å². The molecule has 0 aromatic carbocycles. The first kappa shape index (κ1) is 8.99. The lowest BCUT2D eigenvalue weighted by molar-refractivity contribution is -0.321. The molecule has 68 valence electrons. The van der Waals surface area contributed by atoms with Crippen LogP contribution in [0.1, 0.15) is 26.2 Å². The first-order chi connectivity index (χ1) is 5.56. The Hall–Kier alpha value is -1.10. The van der Waals surface area contributed by atoms with Gasteiger partial charge in [-0.1, -0.05) is 6.92 Å². The lowest BCUT2D eigenvalue weighted by Crippen LogP contribution is -2.36. The van der Waals surface area contributed by atoms with Crippen LogP contribution in [0.2, 0.25) is 0 Å². The van der Waals surface area contributed by atoms with Gasteiger partial charge in [-0.05, 0) is 0 Å². The SMILES string of the molecule is CCC1(O)OC(=O)CCC(=O)O1. The van der Waals surface area contributed by atoms with Crippen molar-refractivity contribution in [3.05, 3.63) is 0 Å². The van der Waals surface area contributed by atoms with Gasteiger partial charge in [0.2, 0.25) is 0 Å². The summed E-state index contributed by atoms with van der Waals surface area (Å²) < 4.78 is 8.98. The molecule has 0 spiro atoms. The molecule has 1 fully saturated rings. The minimum atomic E-state index is -2.05. The summed E-state index contributed by atoms with van der Waals surface area (Å²) in [7, 11) is 0. The number of hydrogen-bond acceptors (Lipinski definition) is 5. The van der Waals surface area contributed by atoms with E-state index in [1.54, 1.807) is 6.92 Å². The predicted octanol–water partition coefficient (Wildman–Crippen LogP) is -0.0773. The van der Waals surface area contributed by atoms with Gasteiger partial charge >= 0.3 is 17.9 Å². The highest BCUT2D eigenvalue weighted by atomic mass is 16.8. The third kappa shape index (κ3) is 1.94. The zero-order chi connectivity index (χ0) is 9.19. The molecule has 0 aromatic heterocycles. The minimum Gasteiger partial charge on any atom is -0.398 e. The molecule has 1 aliphatic rings. The van der Waals surface area contributed by atoms with Crippen molar-refractivity contribution in [3.63, 3.8) is 0 Å². The molecule has 0 radical (unpaired) electrons. The van der Waals surface area contributed by atoms with Crippen LogP contribution in [0, 0.1) is 0 Å². The van der Waals surface area contributed by atoms with Crippen molar-refractivity contribution < 1.29 is 24.2 Å². The molecule has 12 heavy (non-hydrogen) atoms. The number of rotatable bonds is 1. The normalized spacial score (nSPS) is 22.5. The highest BCUT2D eigenvalue weighted by molar-refractivity contribution is 5.79. The van der Waals surface area contributed by atoms with E-state index in [1.165, 1.54) is 0 Å². The van der Waals surface area contributed by atoms with Crippen LogP contribution < -0.4 is 0 Å². The number of ether oxygens (including phenoxy) is 2. The largest absolute Gasteiger partial charge is 0.398 e. The quantitative estimate of drug-likeness (QED) is 0.563.